The number of anilines is 1. The summed E-state index contributed by atoms with van der Waals surface area (Å²) in [7, 11) is 1.92. The van der Waals surface area contributed by atoms with E-state index in [9.17, 15) is 0 Å². The van der Waals surface area contributed by atoms with Gasteiger partial charge in [0.2, 0.25) is 5.95 Å². The molecule has 0 saturated carbocycles. The summed E-state index contributed by atoms with van der Waals surface area (Å²) in [6.07, 6.45) is 3.53. The number of aliphatic imine (C=N–C) groups is 1. The van der Waals surface area contributed by atoms with Gasteiger partial charge in [0, 0.05) is 45.6 Å². The van der Waals surface area contributed by atoms with Gasteiger partial charge in [0.1, 0.15) is 0 Å². The van der Waals surface area contributed by atoms with Crippen molar-refractivity contribution in [2.24, 2.45) is 17.8 Å². The van der Waals surface area contributed by atoms with Crippen LogP contribution < -0.4 is 10.6 Å². The first kappa shape index (κ1) is 18.4. The molecule has 0 spiro atoms. The Hall–Kier alpha value is -1.91. The van der Waals surface area contributed by atoms with Crippen molar-refractivity contribution in [3.8, 4) is 0 Å². The highest BCUT2D eigenvalue weighted by molar-refractivity contribution is 14.0. The molecule has 3 rings (SSSR count). The van der Waals surface area contributed by atoms with Crippen LogP contribution in [0.3, 0.4) is 0 Å². The van der Waals surface area contributed by atoms with Crippen molar-refractivity contribution >= 4 is 35.9 Å². The van der Waals surface area contributed by atoms with Crippen LogP contribution in [0.1, 0.15) is 11.4 Å². The normalized spacial score (nSPS) is 15.3. The van der Waals surface area contributed by atoms with Gasteiger partial charge in [0.05, 0.1) is 17.9 Å². The van der Waals surface area contributed by atoms with Crippen LogP contribution in [0.2, 0.25) is 0 Å². The number of aromatic nitrogens is 4. The van der Waals surface area contributed by atoms with Gasteiger partial charge in [-0.15, -0.1) is 24.0 Å². The first-order valence-corrected chi connectivity index (χ1v) is 7.70. The molecule has 0 radical (unpaired) electrons. The third-order valence-electron chi connectivity index (χ3n) is 3.94. The van der Waals surface area contributed by atoms with E-state index in [-0.39, 0.29) is 24.0 Å². The molecule has 1 aliphatic rings. The second-order valence-electron chi connectivity index (χ2n) is 5.60. The van der Waals surface area contributed by atoms with Crippen LogP contribution in [-0.2, 0) is 13.6 Å². The number of piperazine rings is 1. The summed E-state index contributed by atoms with van der Waals surface area (Å²) >= 11 is 0. The smallest absolute Gasteiger partial charge is 0.225 e. The summed E-state index contributed by atoms with van der Waals surface area (Å²) in [5.41, 5.74) is 8.18. The van der Waals surface area contributed by atoms with E-state index in [4.69, 9.17) is 5.73 Å². The maximum atomic E-state index is 6.13. The number of nitrogens with two attached hydrogens (primary N) is 1. The van der Waals surface area contributed by atoms with Gasteiger partial charge in [-0.1, -0.05) is 0 Å². The van der Waals surface area contributed by atoms with Crippen molar-refractivity contribution in [1.82, 2.24) is 24.6 Å². The van der Waals surface area contributed by atoms with Gasteiger partial charge >= 0.3 is 0 Å². The summed E-state index contributed by atoms with van der Waals surface area (Å²) in [5, 5.41) is 4.32. The van der Waals surface area contributed by atoms with E-state index in [2.05, 4.69) is 29.9 Å². The minimum Gasteiger partial charge on any atom is -0.370 e. The molecule has 0 aromatic carbocycles. The zero-order chi connectivity index (χ0) is 16.2. The summed E-state index contributed by atoms with van der Waals surface area (Å²) in [6.45, 7) is 5.83. The number of aryl methyl sites for hydroxylation is 2. The molecule has 24 heavy (non-hydrogen) atoms. The predicted molar refractivity (Wildman–Crippen MR) is 105 cm³/mol. The zero-order valence-corrected chi connectivity index (χ0v) is 16.3. The monoisotopic (exact) mass is 442 g/mol. The number of halogens is 1. The van der Waals surface area contributed by atoms with Crippen molar-refractivity contribution in [3.63, 3.8) is 0 Å². The number of rotatable bonds is 3. The van der Waals surface area contributed by atoms with Crippen molar-refractivity contribution in [3.05, 3.63) is 35.9 Å². The van der Waals surface area contributed by atoms with Gasteiger partial charge in [-0.25, -0.2) is 15.0 Å². The highest BCUT2D eigenvalue weighted by atomic mass is 127. The van der Waals surface area contributed by atoms with Crippen LogP contribution in [0.15, 0.2) is 29.5 Å². The highest BCUT2D eigenvalue weighted by Gasteiger charge is 2.19. The quantitative estimate of drug-likeness (QED) is 0.430. The van der Waals surface area contributed by atoms with E-state index < -0.39 is 0 Å². The second-order valence-corrected chi connectivity index (χ2v) is 5.60. The average molecular weight is 442 g/mol. The van der Waals surface area contributed by atoms with Gasteiger partial charge in [-0.2, -0.15) is 5.10 Å². The third-order valence-corrected chi connectivity index (χ3v) is 3.94. The Morgan fingerprint density at radius 2 is 1.88 bits per heavy atom. The van der Waals surface area contributed by atoms with E-state index >= 15 is 0 Å². The molecule has 0 atom stereocenters. The van der Waals surface area contributed by atoms with E-state index in [1.165, 1.54) is 0 Å². The van der Waals surface area contributed by atoms with Gasteiger partial charge in [0.15, 0.2) is 5.96 Å². The molecule has 2 aromatic heterocycles. The largest absolute Gasteiger partial charge is 0.370 e. The fourth-order valence-electron chi connectivity index (χ4n) is 2.66. The summed E-state index contributed by atoms with van der Waals surface area (Å²) in [4.78, 5) is 17.3. The Labute approximate surface area is 158 Å². The number of guanidine groups is 1. The highest BCUT2D eigenvalue weighted by Crippen LogP contribution is 2.10. The minimum atomic E-state index is 0. The van der Waals surface area contributed by atoms with Crippen molar-refractivity contribution in [1.29, 1.82) is 0 Å². The van der Waals surface area contributed by atoms with Gasteiger partial charge in [-0.05, 0) is 19.1 Å². The molecule has 8 nitrogen and oxygen atoms in total. The zero-order valence-electron chi connectivity index (χ0n) is 14.0. The fraction of sp³-hybridized carbons (Fsp3) is 0.467. The lowest BCUT2D eigenvalue weighted by molar-refractivity contribution is 0.378. The first-order chi connectivity index (χ1) is 11.1. The molecule has 0 bridgehead atoms. The van der Waals surface area contributed by atoms with Gasteiger partial charge in [0.25, 0.3) is 0 Å². The Morgan fingerprint density at radius 3 is 2.46 bits per heavy atom. The molecule has 130 valence electrons. The van der Waals surface area contributed by atoms with Gasteiger partial charge in [-0.3, -0.25) is 4.68 Å². The standard InChI is InChI=1S/C15H22N8.HI/c1-12-10-13(21(2)20-12)11-19-14(16)22-6-8-23(9-7-22)15-17-4-3-5-18-15;/h3-5,10H,6-9,11H2,1-2H3,(H2,16,19);1H. The van der Waals surface area contributed by atoms with E-state index in [1.54, 1.807) is 12.4 Å². The fourth-order valence-corrected chi connectivity index (χ4v) is 2.66. The predicted octanol–water partition coefficient (Wildman–Crippen LogP) is 0.773. The number of hydrogen-bond donors (Lipinski definition) is 1. The van der Waals surface area contributed by atoms with Crippen LogP contribution in [0.5, 0.6) is 0 Å². The number of nitrogens with zero attached hydrogens (tertiary/aromatic N) is 7. The molecule has 0 unspecified atom stereocenters. The number of hydrogen-bond acceptors (Lipinski definition) is 5. The van der Waals surface area contributed by atoms with Gasteiger partial charge < -0.3 is 15.5 Å². The average Bonchev–Trinajstić information content (AvgIpc) is 2.91. The lowest BCUT2D eigenvalue weighted by Crippen LogP contribution is -2.51. The molecule has 1 aliphatic heterocycles. The van der Waals surface area contributed by atoms with Crippen molar-refractivity contribution in [2.75, 3.05) is 31.1 Å². The Morgan fingerprint density at radius 1 is 1.21 bits per heavy atom. The van der Waals surface area contributed by atoms with E-state index in [0.29, 0.717) is 12.5 Å². The molecule has 3 heterocycles. The molecule has 9 heteroatoms. The summed E-state index contributed by atoms with van der Waals surface area (Å²) in [5.74, 6) is 1.35. The Kier molecular flexibility index (Phi) is 6.35. The molecule has 2 aromatic rings. The molecule has 2 N–H and O–H groups in total. The maximum Gasteiger partial charge on any atom is 0.225 e. The topological polar surface area (TPSA) is 88.5 Å². The molecule has 1 fully saturated rings. The van der Waals surface area contributed by atoms with E-state index in [1.807, 2.05) is 30.8 Å². The van der Waals surface area contributed by atoms with Crippen LogP contribution in [0, 0.1) is 6.92 Å². The third kappa shape index (κ3) is 4.34. The SMILES string of the molecule is Cc1cc(CN=C(N)N2CCN(c3ncccn3)CC2)n(C)n1.I. The van der Waals surface area contributed by atoms with Crippen LogP contribution in [-0.4, -0.2) is 56.8 Å². The Bertz CT molecular complexity index is 676. The molecule has 1 saturated heterocycles. The molecule has 0 aliphatic carbocycles. The van der Waals surface area contributed by atoms with Crippen molar-refractivity contribution < 1.29 is 0 Å². The molecular weight excluding hydrogens is 419 g/mol. The first-order valence-electron chi connectivity index (χ1n) is 7.70. The minimum absolute atomic E-state index is 0. The maximum absolute atomic E-state index is 6.13. The van der Waals surface area contributed by atoms with Crippen LogP contribution in [0.4, 0.5) is 5.95 Å². The second kappa shape index (κ2) is 8.27. The lowest BCUT2D eigenvalue weighted by Gasteiger charge is -2.35. The molecular formula is C15H23IN8. The molecule has 0 amide bonds. The summed E-state index contributed by atoms with van der Waals surface area (Å²) < 4.78 is 1.84. The lowest BCUT2D eigenvalue weighted by atomic mass is 10.3. The van der Waals surface area contributed by atoms with E-state index in [0.717, 1.165) is 43.5 Å². The summed E-state index contributed by atoms with van der Waals surface area (Å²) in [6, 6.07) is 3.85. The van der Waals surface area contributed by atoms with Crippen molar-refractivity contribution in [2.45, 2.75) is 13.5 Å². The van der Waals surface area contributed by atoms with Crippen LogP contribution in [0.25, 0.3) is 0 Å². The van der Waals surface area contributed by atoms with Crippen LogP contribution >= 0.6 is 24.0 Å². The Balaban J connectivity index is 0.00000208.